The molecule has 0 aliphatic heterocycles. The maximum atomic E-state index is 10.6. The third-order valence-corrected chi connectivity index (χ3v) is 1.68. The number of carbonyl (C=O) groups is 1. The molecule has 80 valence electrons. The minimum atomic E-state index is -0.718. The molecule has 2 atom stereocenters. The van der Waals surface area contributed by atoms with E-state index in [0.29, 0.717) is 13.0 Å². The van der Waals surface area contributed by atoms with E-state index in [0.717, 1.165) is 0 Å². The van der Waals surface area contributed by atoms with Crippen LogP contribution in [-0.4, -0.2) is 39.9 Å². The summed E-state index contributed by atoms with van der Waals surface area (Å²) in [5.41, 5.74) is 0. The fourth-order valence-corrected chi connectivity index (χ4v) is 0.972. The van der Waals surface area contributed by atoms with Gasteiger partial charge in [0.1, 0.15) is 18.2 Å². The molecule has 0 aliphatic rings. The van der Waals surface area contributed by atoms with Crippen LogP contribution in [0.3, 0.4) is 0 Å². The first-order chi connectivity index (χ1) is 5.45. The van der Waals surface area contributed by atoms with Crippen molar-refractivity contribution >= 4 is 18.2 Å². The zero-order valence-corrected chi connectivity index (χ0v) is 9.04. The third-order valence-electron chi connectivity index (χ3n) is 1.68. The van der Waals surface area contributed by atoms with Crippen molar-refractivity contribution in [3.63, 3.8) is 0 Å². The van der Waals surface area contributed by atoms with E-state index in [4.69, 9.17) is 10.2 Å². The highest BCUT2D eigenvalue weighted by Crippen LogP contribution is 2.02. The summed E-state index contributed by atoms with van der Waals surface area (Å²) in [5, 5.41) is 18.3. The Hall–Kier alpha value is -0.160. The maximum Gasteiger partial charge on any atom is 0.131 e. The summed E-state index contributed by atoms with van der Waals surface area (Å²) in [6.45, 7) is 5.01. The number of nitrogens with zero attached hydrogens (tertiary/aromatic N) is 1. The highest BCUT2D eigenvalue weighted by atomic mass is 35.5. The average Bonchev–Trinajstić information content (AvgIpc) is 1.84. The molecule has 0 aromatic heterocycles. The van der Waals surface area contributed by atoms with E-state index >= 15 is 0 Å². The van der Waals surface area contributed by atoms with Gasteiger partial charge in [-0.1, -0.05) is 0 Å². The summed E-state index contributed by atoms with van der Waals surface area (Å²) < 4.78 is 0. The van der Waals surface area contributed by atoms with Crippen LogP contribution in [0.25, 0.3) is 0 Å². The number of hydrogen-bond donors (Lipinski definition) is 2. The van der Waals surface area contributed by atoms with E-state index in [1.807, 2.05) is 0 Å². The van der Waals surface area contributed by atoms with Crippen molar-refractivity contribution in [1.29, 1.82) is 0 Å². The van der Waals surface area contributed by atoms with E-state index in [-0.39, 0.29) is 18.2 Å². The SMILES string of the molecule is CC(=O)CCN(C(C)O)C(C)O.Cl. The Morgan fingerprint density at radius 3 is 1.92 bits per heavy atom. The Bertz CT molecular complexity index is 142. The average molecular weight is 212 g/mol. The molecule has 0 amide bonds. The van der Waals surface area contributed by atoms with Crippen molar-refractivity contribution in [2.45, 2.75) is 39.6 Å². The van der Waals surface area contributed by atoms with Crippen LogP contribution in [0.2, 0.25) is 0 Å². The number of aliphatic hydroxyl groups is 2. The largest absolute Gasteiger partial charge is 0.379 e. The van der Waals surface area contributed by atoms with Crippen molar-refractivity contribution in [1.82, 2.24) is 4.90 Å². The Balaban J connectivity index is 0. The molecule has 0 spiro atoms. The van der Waals surface area contributed by atoms with Crippen molar-refractivity contribution < 1.29 is 15.0 Å². The molecule has 2 N–H and O–H groups in total. The Kier molecular flexibility index (Phi) is 8.56. The lowest BCUT2D eigenvalue weighted by atomic mass is 10.3. The van der Waals surface area contributed by atoms with Gasteiger partial charge < -0.3 is 10.2 Å². The van der Waals surface area contributed by atoms with Gasteiger partial charge in [0.15, 0.2) is 0 Å². The number of halogens is 1. The molecular formula is C8H18ClNO3. The Morgan fingerprint density at radius 2 is 1.69 bits per heavy atom. The number of aliphatic hydroxyl groups excluding tert-OH is 2. The van der Waals surface area contributed by atoms with E-state index in [1.54, 1.807) is 13.8 Å². The molecule has 4 nitrogen and oxygen atoms in total. The summed E-state index contributed by atoms with van der Waals surface area (Å²) in [7, 11) is 0. The topological polar surface area (TPSA) is 60.8 Å². The summed E-state index contributed by atoms with van der Waals surface area (Å²) in [5.74, 6) is 0.0568. The molecule has 13 heavy (non-hydrogen) atoms. The quantitative estimate of drug-likeness (QED) is 0.645. The van der Waals surface area contributed by atoms with Crippen LogP contribution in [0.1, 0.15) is 27.2 Å². The predicted molar refractivity (Wildman–Crippen MR) is 52.6 cm³/mol. The summed E-state index contributed by atoms with van der Waals surface area (Å²) in [6, 6.07) is 0. The normalized spacial score (nSPS) is 14.9. The lowest BCUT2D eigenvalue weighted by Gasteiger charge is -2.27. The first-order valence-electron chi connectivity index (χ1n) is 4.06. The molecule has 0 radical (unpaired) electrons. The van der Waals surface area contributed by atoms with Gasteiger partial charge in [-0.2, -0.15) is 0 Å². The summed E-state index contributed by atoms with van der Waals surface area (Å²) in [6.07, 6.45) is -1.08. The van der Waals surface area contributed by atoms with E-state index in [1.165, 1.54) is 11.8 Å². The Labute approximate surface area is 85.0 Å². The molecule has 0 bridgehead atoms. The summed E-state index contributed by atoms with van der Waals surface area (Å²) in [4.78, 5) is 12.0. The summed E-state index contributed by atoms with van der Waals surface area (Å²) >= 11 is 0. The number of Topliss-reactive ketones (excluding diaryl/α,β-unsaturated/α-hetero) is 1. The fraction of sp³-hybridized carbons (Fsp3) is 0.875. The van der Waals surface area contributed by atoms with Crippen LogP contribution in [0.5, 0.6) is 0 Å². The van der Waals surface area contributed by atoms with Gasteiger partial charge >= 0.3 is 0 Å². The second kappa shape index (κ2) is 7.26. The second-order valence-corrected chi connectivity index (χ2v) is 2.95. The van der Waals surface area contributed by atoms with Crippen molar-refractivity contribution in [3.05, 3.63) is 0 Å². The highest BCUT2D eigenvalue weighted by molar-refractivity contribution is 5.85. The van der Waals surface area contributed by atoms with Crippen LogP contribution in [0.4, 0.5) is 0 Å². The monoisotopic (exact) mass is 211 g/mol. The van der Waals surface area contributed by atoms with Crippen LogP contribution < -0.4 is 0 Å². The predicted octanol–water partition coefficient (Wildman–Crippen LogP) is 0.366. The number of carbonyl (C=O) groups excluding carboxylic acids is 1. The molecule has 0 rings (SSSR count). The molecule has 2 unspecified atom stereocenters. The van der Waals surface area contributed by atoms with Crippen LogP contribution in [0.15, 0.2) is 0 Å². The van der Waals surface area contributed by atoms with E-state index in [9.17, 15) is 4.79 Å². The minimum Gasteiger partial charge on any atom is -0.379 e. The zero-order chi connectivity index (χ0) is 9.72. The minimum absolute atomic E-state index is 0. The van der Waals surface area contributed by atoms with Gasteiger partial charge in [-0.3, -0.25) is 9.69 Å². The number of rotatable bonds is 5. The molecule has 0 aliphatic carbocycles. The van der Waals surface area contributed by atoms with Gasteiger partial charge in [0.2, 0.25) is 0 Å². The fourth-order valence-electron chi connectivity index (χ4n) is 0.972. The molecule has 0 heterocycles. The van der Waals surface area contributed by atoms with E-state index < -0.39 is 12.5 Å². The lowest BCUT2D eigenvalue weighted by Crippen LogP contribution is -2.41. The second-order valence-electron chi connectivity index (χ2n) is 2.95. The number of hydrogen-bond acceptors (Lipinski definition) is 4. The van der Waals surface area contributed by atoms with Crippen LogP contribution in [-0.2, 0) is 4.79 Å². The van der Waals surface area contributed by atoms with Gasteiger partial charge in [-0.25, -0.2) is 0 Å². The van der Waals surface area contributed by atoms with Crippen molar-refractivity contribution in [2.75, 3.05) is 6.54 Å². The van der Waals surface area contributed by atoms with Gasteiger partial charge in [-0.05, 0) is 20.8 Å². The Morgan fingerprint density at radius 1 is 1.31 bits per heavy atom. The maximum absolute atomic E-state index is 10.6. The van der Waals surface area contributed by atoms with Crippen molar-refractivity contribution in [2.24, 2.45) is 0 Å². The van der Waals surface area contributed by atoms with Crippen LogP contribution in [0, 0.1) is 0 Å². The molecule has 0 aromatic carbocycles. The first kappa shape index (κ1) is 15.3. The van der Waals surface area contributed by atoms with Gasteiger partial charge in [0, 0.05) is 13.0 Å². The molecule has 5 heteroatoms. The highest BCUT2D eigenvalue weighted by Gasteiger charge is 2.15. The first-order valence-corrected chi connectivity index (χ1v) is 4.06. The van der Waals surface area contributed by atoms with Crippen LogP contribution >= 0.6 is 12.4 Å². The standard InChI is InChI=1S/C8H17NO3.ClH/c1-6(10)4-5-9(7(2)11)8(3)12;/h7-8,11-12H,4-5H2,1-3H3;1H. The number of ketones is 1. The smallest absolute Gasteiger partial charge is 0.131 e. The molecule has 0 saturated heterocycles. The van der Waals surface area contributed by atoms with Crippen molar-refractivity contribution in [3.8, 4) is 0 Å². The molecule has 0 aromatic rings. The molecule has 0 saturated carbocycles. The van der Waals surface area contributed by atoms with Gasteiger partial charge in [0.05, 0.1) is 0 Å². The van der Waals surface area contributed by atoms with Gasteiger partial charge in [-0.15, -0.1) is 12.4 Å². The zero-order valence-electron chi connectivity index (χ0n) is 8.23. The van der Waals surface area contributed by atoms with E-state index in [2.05, 4.69) is 0 Å². The lowest BCUT2D eigenvalue weighted by molar-refractivity contribution is -0.120. The van der Waals surface area contributed by atoms with Gasteiger partial charge in [0.25, 0.3) is 0 Å². The molecular weight excluding hydrogens is 194 g/mol. The molecule has 0 fully saturated rings. The third kappa shape index (κ3) is 6.95.